The number of aryl methyl sites for hydroxylation is 1. The van der Waals surface area contributed by atoms with E-state index in [0.717, 1.165) is 30.2 Å². The molecule has 2 nitrogen and oxygen atoms in total. The summed E-state index contributed by atoms with van der Waals surface area (Å²) in [6.07, 6.45) is 2.22. The lowest BCUT2D eigenvalue weighted by atomic mass is 10.1. The molecule has 3 heteroatoms. The molecular formula is C16H16O2S. The monoisotopic (exact) mass is 272 g/mol. The van der Waals surface area contributed by atoms with Gasteiger partial charge in [0.1, 0.15) is 17.4 Å². The SMILES string of the molecule is OC(CCCc1cccs1)c1cc2ccccc2o1. The first kappa shape index (κ1) is 12.5. The van der Waals surface area contributed by atoms with E-state index in [1.165, 1.54) is 4.88 Å². The fourth-order valence-electron chi connectivity index (χ4n) is 2.23. The number of aliphatic hydroxyl groups excluding tert-OH is 1. The highest BCUT2D eigenvalue weighted by molar-refractivity contribution is 7.09. The van der Waals surface area contributed by atoms with Crippen LogP contribution < -0.4 is 0 Å². The largest absolute Gasteiger partial charge is 0.458 e. The molecule has 0 aliphatic heterocycles. The third-order valence-electron chi connectivity index (χ3n) is 3.25. The standard InChI is InChI=1S/C16H16O2S/c17-14(8-3-6-13-7-4-10-19-13)16-11-12-5-1-2-9-15(12)18-16/h1-2,4-5,7,9-11,14,17H,3,6,8H2. The minimum Gasteiger partial charge on any atom is -0.458 e. The summed E-state index contributed by atoms with van der Waals surface area (Å²) in [5, 5.41) is 13.3. The maximum atomic E-state index is 10.2. The van der Waals surface area contributed by atoms with Crippen LogP contribution in [-0.4, -0.2) is 5.11 Å². The van der Waals surface area contributed by atoms with Crippen LogP contribution in [0.25, 0.3) is 11.0 Å². The zero-order valence-electron chi connectivity index (χ0n) is 10.6. The Morgan fingerprint density at radius 2 is 2.05 bits per heavy atom. The molecule has 0 amide bonds. The number of rotatable bonds is 5. The van der Waals surface area contributed by atoms with Crippen molar-refractivity contribution < 1.29 is 9.52 Å². The number of thiophene rings is 1. The molecule has 3 rings (SSSR count). The van der Waals surface area contributed by atoms with E-state index in [4.69, 9.17) is 4.42 Å². The van der Waals surface area contributed by atoms with Crippen molar-refractivity contribution in [3.05, 3.63) is 58.5 Å². The Morgan fingerprint density at radius 3 is 2.84 bits per heavy atom. The first-order valence-electron chi connectivity index (χ1n) is 6.52. The van der Waals surface area contributed by atoms with E-state index < -0.39 is 6.10 Å². The minimum absolute atomic E-state index is 0.507. The summed E-state index contributed by atoms with van der Waals surface area (Å²) >= 11 is 1.77. The quantitative estimate of drug-likeness (QED) is 0.739. The minimum atomic E-state index is -0.507. The average molecular weight is 272 g/mol. The predicted molar refractivity (Wildman–Crippen MR) is 78.4 cm³/mol. The summed E-state index contributed by atoms with van der Waals surface area (Å²) in [6.45, 7) is 0. The van der Waals surface area contributed by atoms with Gasteiger partial charge in [0, 0.05) is 10.3 Å². The second kappa shape index (κ2) is 5.59. The van der Waals surface area contributed by atoms with Crippen LogP contribution in [0, 0.1) is 0 Å². The van der Waals surface area contributed by atoms with Crippen LogP contribution in [0.4, 0.5) is 0 Å². The van der Waals surface area contributed by atoms with Crippen LogP contribution in [0.1, 0.15) is 29.6 Å². The Morgan fingerprint density at radius 1 is 1.16 bits per heavy atom. The molecule has 0 fully saturated rings. The van der Waals surface area contributed by atoms with Gasteiger partial charge in [-0.2, -0.15) is 0 Å². The molecule has 1 unspecified atom stereocenters. The molecular weight excluding hydrogens is 256 g/mol. The lowest BCUT2D eigenvalue weighted by Gasteiger charge is -2.06. The maximum Gasteiger partial charge on any atom is 0.134 e. The molecule has 1 N–H and O–H groups in total. The van der Waals surface area contributed by atoms with Gasteiger partial charge in [0.25, 0.3) is 0 Å². The van der Waals surface area contributed by atoms with Crippen molar-refractivity contribution in [1.82, 2.24) is 0 Å². The van der Waals surface area contributed by atoms with Gasteiger partial charge in [-0.05, 0) is 42.8 Å². The van der Waals surface area contributed by atoms with Crippen LogP contribution in [0.2, 0.25) is 0 Å². The van der Waals surface area contributed by atoms with Crippen molar-refractivity contribution in [2.75, 3.05) is 0 Å². The molecule has 1 aromatic carbocycles. The van der Waals surface area contributed by atoms with Crippen molar-refractivity contribution in [2.45, 2.75) is 25.4 Å². The number of aliphatic hydroxyl groups is 1. The second-order valence-electron chi connectivity index (χ2n) is 4.67. The Bertz CT molecular complexity index is 607. The maximum absolute atomic E-state index is 10.2. The van der Waals surface area contributed by atoms with Gasteiger partial charge in [-0.25, -0.2) is 0 Å². The van der Waals surface area contributed by atoms with Gasteiger partial charge in [-0.15, -0.1) is 11.3 Å². The van der Waals surface area contributed by atoms with Crippen molar-refractivity contribution >= 4 is 22.3 Å². The Labute approximate surface area is 116 Å². The molecule has 0 spiro atoms. The molecule has 0 aliphatic rings. The van der Waals surface area contributed by atoms with Gasteiger partial charge in [0.2, 0.25) is 0 Å². The summed E-state index contributed by atoms with van der Waals surface area (Å²) in [4.78, 5) is 1.37. The summed E-state index contributed by atoms with van der Waals surface area (Å²) in [5.41, 5.74) is 0.842. The lowest BCUT2D eigenvalue weighted by Crippen LogP contribution is -1.96. The lowest BCUT2D eigenvalue weighted by molar-refractivity contribution is 0.140. The van der Waals surface area contributed by atoms with E-state index in [9.17, 15) is 5.11 Å². The van der Waals surface area contributed by atoms with Gasteiger partial charge in [0.15, 0.2) is 0 Å². The fourth-order valence-corrected chi connectivity index (χ4v) is 2.98. The van der Waals surface area contributed by atoms with Gasteiger partial charge < -0.3 is 9.52 Å². The summed E-state index contributed by atoms with van der Waals surface area (Å²) in [7, 11) is 0. The molecule has 3 aromatic rings. The van der Waals surface area contributed by atoms with E-state index in [1.54, 1.807) is 11.3 Å². The predicted octanol–water partition coefficient (Wildman–Crippen LogP) is 4.55. The summed E-state index contributed by atoms with van der Waals surface area (Å²) in [5.74, 6) is 0.673. The third-order valence-corrected chi connectivity index (χ3v) is 4.19. The van der Waals surface area contributed by atoms with Gasteiger partial charge in [0.05, 0.1) is 0 Å². The van der Waals surface area contributed by atoms with E-state index in [1.807, 2.05) is 30.3 Å². The zero-order chi connectivity index (χ0) is 13.1. The Balaban J connectivity index is 1.61. The summed E-state index contributed by atoms with van der Waals surface area (Å²) < 4.78 is 5.67. The smallest absolute Gasteiger partial charge is 0.134 e. The number of fused-ring (bicyclic) bond motifs is 1. The van der Waals surface area contributed by atoms with E-state index >= 15 is 0 Å². The fraction of sp³-hybridized carbons (Fsp3) is 0.250. The molecule has 0 saturated heterocycles. The second-order valence-corrected chi connectivity index (χ2v) is 5.71. The Hall–Kier alpha value is -1.58. The molecule has 0 saturated carbocycles. The van der Waals surface area contributed by atoms with Gasteiger partial charge in [-0.1, -0.05) is 24.3 Å². The summed E-state index contributed by atoms with van der Waals surface area (Å²) in [6, 6.07) is 14.0. The molecule has 98 valence electrons. The van der Waals surface area contributed by atoms with Crippen LogP contribution in [0.15, 0.2) is 52.3 Å². The van der Waals surface area contributed by atoms with E-state index in [-0.39, 0.29) is 0 Å². The molecule has 2 aromatic heterocycles. The molecule has 0 bridgehead atoms. The average Bonchev–Trinajstić information content (AvgIpc) is 3.07. The molecule has 1 atom stereocenters. The molecule has 19 heavy (non-hydrogen) atoms. The number of hydrogen-bond acceptors (Lipinski definition) is 3. The highest BCUT2D eigenvalue weighted by Gasteiger charge is 2.12. The van der Waals surface area contributed by atoms with Crippen LogP contribution >= 0.6 is 11.3 Å². The Kier molecular flexibility index (Phi) is 3.67. The van der Waals surface area contributed by atoms with Crippen molar-refractivity contribution in [1.29, 1.82) is 0 Å². The van der Waals surface area contributed by atoms with Crippen molar-refractivity contribution in [3.8, 4) is 0 Å². The highest BCUT2D eigenvalue weighted by atomic mass is 32.1. The third kappa shape index (κ3) is 2.88. The normalized spacial score (nSPS) is 12.9. The molecule has 2 heterocycles. The number of benzene rings is 1. The van der Waals surface area contributed by atoms with Crippen LogP contribution in [0.3, 0.4) is 0 Å². The zero-order valence-corrected chi connectivity index (χ0v) is 11.4. The van der Waals surface area contributed by atoms with Crippen LogP contribution in [-0.2, 0) is 6.42 Å². The molecule has 0 aliphatic carbocycles. The van der Waals surface area contributed by atoms with Gasteiger partial charge >= 0.3 is 0 Å². The first-order valence-corrected chi connectivity index (χ1v) is 7.40. The first-order chi connectivity index (χ1) is 9.33. The number of para-hydroxylation sites is 1. The van der Waals surface area contributed by atoms with Crippen molar-refractivity contribution in [2.24, 2.45) is 0 Å². The number of furan rings is 1. The van der Waals surface area contributed by atoms with Crippen molar-refractivity contribution in [3.63, 3.8) is 0 Å². The van der Waals surface area contributed by atoms with Gasteiger partial charge in [-0.3, -0.25) is 0 Å². The molecule has 0 radical (unpaired) electrons. The van der Waals surface area contributed by atoms with E-state index in [0.29, 0.717) is 5.76 Å². The highest BCUT2D eigenvalue weighted by Crippen LogP contribution is 2.27. The van der Waals surface area contributed by atoms with E-state index in [2.05, 4.69) is 17.5 Å². The van der Waals surface area contributed by atoms with Crippen LogP contribution in [0.5, 0.6) is 0 Å². The topological polar surface area (TPSA) is 33.4 Å². The number of hydrogen-bond donors (Lipinski definition) is 1.